The zero-order chi connectivity index (χ0) is 23.7. The number of aromatic nitrogens is 2. The monoisotopic (exact) mass is 476 g/mol. The predicted molar refractivity (Wildman–Crippen MR) is 134 cm³/mol. The molecule has 2 aromatic heterocycles. The average molecular weight is 477 g/mol. The van der Waals surface area contributed by atoms with Crippen LogP contribution in [0.4, 0.5) is 0 Å². The highest BCUT2D eigenvalue weighted by atomic mass is 32.2. The predicted octanol–water partition coefficient (Wildman–Crippen LogP) is 6.43. The zero-order valence-corrected chi connectivity index (χ0v) is 20.8. The van der Waals surface area contributed by atoms with Crippen molar-refractivity contribution in [2.75, 3.05) is 7.11 Å². The molecule has 2 heterocycles. The summed E-state index contributed by atoms with van der Waals surface area (Å²) in [5.74, 6) is 0.206. The number of thiophene rings is 1. The van der Waals surface area contributed by atoms with Crippen LogP contribution in [0.25, 0.3) is 10.2 Å². The molecule has 0 aliphatic heterocycles. The molecule has 4 rings (SSSR count). The Kier molecular flexibility index (Phi) is 6.63. The van der Waals surface area contributed by atoms with E-state index in [-0.39, 0.29) is 5.78 Å². The number of thioether (sulfide) groups is 1. The van der Waals surface area contributed by atoms with Crippen molar-refractivity contribution in [3.8, 4) is 0 Å². The molecule has 0 aliphatic rings. The molecule has 0 fully saturated rings. The third kappa shape index (κ3) is 4.70. The zero-order valence-electron chi connectivity index (χ0n) is 19.1. The summed E-state index contributed by atoms with van der Waals surface area (Å²) >= 11 is 2.69. The number of fused-ring (bicyclic) bond motifs is 1. The molecule has 0 spiro atoms. The van der Waals surface area contributed by atoms with Crippen LogP contribution in [-0.2, 0) is 4.74 Å². The smallest absolute Gasteiger partial charge is 0.348 e. The summed E-state index contributed by atoms with van der Waals surface area (Å²) in [5.41, 5.74) is 4.56. The van der Waals surface area contributed by atoms with Crippen LogP contribution in [0.15, 0.2) is 53.6 Å². The lowest BCUT2D eigenvalue weighted by atomic mass is 10.0. The maximum atomic E-state index is 13.7. The van der Waals surface area contributed by atoms with E-state index in [0.717, 1.165) is 27.6 Å². The van der Waals surface area contributed by atoms with Crippen LogP contribution in [0.5, 0.6) is 0 Å². The van der Waals surface area contributed by atoms with E-state index >= 15 is 0 Å². The van der Waals surface area contributed by atoms with Gasteiger partial charge in [-0.3, -0.25) is 4.79 Å². The molecule has 1 atom stereocenters. The van der Waals surface area contributed by atoms with Crippen LogP contribution < -0.4 is 0 Å². The average Bonchev–Trinajstić information content (AvgIpc) is 3.13. The number of benzene rings is 2. The first-order chi connectivity index (χ1) is 15.8. The first-order valence-electron chi connectivity index (χ1n) is 10.5. The number of methoxy groups -OCH3 is 1. The van der Waals surface area contributed by atoms with Crippen molar-refractivity contribution in [1.82, 2.24) is 9.97 Å². The van der Waals surface area contributed by atoms with E-state index < -0.39 is 11.2 Å². The largest absolute Gasteiger partial charge is 0.465 e. The number of Topliss-reactive ketones (excluding diaryl/α,β-unsaturated/α-hetero) is 1. The van der Waals surface area contributed by atoms with Crippen molar-refractivity contribution < 1.29 is 14.3 Å². The number of aryl methyl sites for hydroxylation is 4. The summed E-state index contributed by atoms with van der Waals surface area (Å²) in [4.78, 5) is 36.4. The fraction of sp³-hybridized carbons (Fsp3) is 0.231. The van der Waals surface area contributed by atoms with Gasteiger partial charge < -0.3 is 4.74 Å². The molecule has 7 heteroatoms. The molecule has 33 heavy (non-hydrogen) atoms. The molecule has 0 amide bonds. The number of hydrogen-bond donors (Lipinski definition) is 0. The minimum atomic E-state index is -0.494. The van der Waals surface area contributed by atoms with Gasteiger partial charge in [0.2, 0.25) is 0 Å². The van der Waals surface area contributed by atoms with Gasteiger partial charge in [0.25, 0.3) is 0 Å². The fourth-order valence-electron chi connectivity index (χ4n) is 3.57. The Morgan fingerprint density at radius 3 is 2.12 bits per heavy atom. The summed E-state index contributed by atoms with van der Waals surface area (Å²) in [6, 6.07) is 15.6. The molecule has 0 N–H and O–H groups in total. The molecule has 0 saturated carbocycles. The van der Waals surface area contributed by atoms with E-state index in [9.17, 15) is 9.59 Å². The molecular weight excluding hydrogens is 452 g/mol. The van der Waals surface area contributed by atoms with Gasteiger partial charge in [0.15, 0.2) is 5.78 Å². The molecule has 168 valence electrons. The van der Waals surface area contributed by atoms with Gasteiger partial charge in [-0.25, -0.2) is 14.8 Å². The maximum Gasteiger partial charge on any atom is 0.348 e. The van der Waals surface area contributed by atoms with Crippen LogP contribution in [0, 0.1) is 27.7 Å². The van der Waals surface area contributed by atoms with Gasteiger partial charge >= 0.3 is 5.97 Å². The second-order valence-electron chi connectivity index (χ2n) is 7.94. The highest BCUT2D eigenvalue weighted by molar-refractivity contribution is 8.00. The molecule has 5 nitrogen and oxygen atoms in total. The Morgan fingerprint density at radius 1 is 0.909 bits per heavy atom. The van der Waals surface area contributed by atoms with Crippen LogP contribution in [0.2, 0.25) is 0 Å². The Labute approximate surface area is 201 Å². The number of ether oxygens (including phenoxy) is 1. The lowest BCUT2D eigenvalue weighted by Crippen LogP contribution is -2.11. The van der Waals surface area contributed by atoms with Crippen molar-refractivity contribution in [3.63, 3.8) is 0 Å². The van der Waals surface area contributed by atoms with Crippen molar-refractivity contribution in [2.24, 2.45) is 0 Å². The van der Waals surface area contributed by atoms with Gasteiger partial charge in [0.05, 0.1) is 12.4 Å². The second-order valence-corrected chi connectivity index (χ2v) is 10.0. The number of carbonyl (C=O) groups is 2. The topological polar surface area (TPSA) is 69.2 Å². The molecule has 4 aromatic rings. The molecule has 2 aromatic carbocycles. The van der Waals surface area contributed by atoms with Gasteiger partial charge in [-0.2, -0.15) is 0 Å². The quantitative estimate of drug-likeness (QED) is 0.138. The molecule has 0 aliphatic carbocycles. The van der Waals surface area contributed by atoms with Crippen molar-refractivity contribution in [3.05, 3.63) is 87.0 Å². The highest BCUT2D eigenvalue weighted by Gasteiger charge is 2.27. The number of rotatable bonds is 6. The van der Waals surface area contributed by atoms with Crippen molar-refractivity contribution in [1.29, 1.82) is 0 Å². The van der Waals surface area contributed by atoms with E-state index in [1.165, 1.54) is 30.2 Å². The minimum absolute atomic E-state index is 0.00865. The van der Waals surface area contributed by atoms with E-state index in [1.807, 2.05) is 76.2 Å². The highest BCUT2D eigenvalue weighted by Crippen LogP contribution is 2.43. The number of ketones is 1. The van der Waals surface area contributed by atoms with Gasteiger partial charge in [-0.1, -0.05) is 71.4 Å². The van der Waals surface area contributed by atoms with E-state index in [2.05, 4.69) is 9.97 Å². The van der Waals surface area contributed by atoms with Crippen molar-refractivity contribution in [2.45, 2.75) is 38.0 Å². The second kappa shape index (κ2) is 9.45. The summed E-state index contributed by atoms with van der Waals surface area (Å²) < 4.78 is 4.95. The molecule has 0 saturated heterocycles. The van der Waals surface area contributed by atoms with Crippen LogP contribution in [0.1, 0.15) is 53.4 Å². The molecule has 0 bridgehead atoms. The van der Waals surface area contributed by atoms with Gasteiger partial charge in [0, 0.05) is 10.9 Å². The van der Waals surface area contributed by atoms with Crippen LogP contribution in [-0.4, -0.2) is 28.8 Å². The normalized spacial score (nSPS) is 12.0. The van der Waals surface area contributed by atoms with E-state index in [1.54, 1.807) is 0 Å². The van der Waals surface area contributed by atoms with Crippen LogP contribution in [0.3, 0.4) is 0 Å². The first-order valence-corrected chi connectivity index (χ1v) is 12.2. The summed E-state index contributed by atoms with van der Waals surface area (Å²) in [6.45, 7) is 7.71. The summed E-state index contributed by atoms with van der Waals surface area (Å²) in [6.07, 6.45) is 0. The van der Waals surface area contributed by atoms with Gasteiger partial charge in [-0.05, 0) is 38.8 Å². The summed E-state index contributed by atoms with van der Waals surface area (Å²) in [7, 11) is 1.37. The minimum Gasteiger partial charge on any atom is -0.465 e. The standard InChI is InChI=1S/C26H24N2O3S2/c1-14-6-10-18(11-7-14)21(29)23(19-12-8-15(2)9-13-19)33-25-20-16(3)22(26(30)31-5)32-24(20)27-17(4)28-25/h6-13,23H,1-5H3/t23-/m0/s1. The van der Waals surface area contributed by atoms with Crippen molar-refractivity contribution >= 4 is 45.1 Å². The Morgan fingerprint density at radius 2 is 1.52 bits per heavy atom. The van der Waals surface area contributed by atoms with Crippen LogP contribution >= 0.6 is 23.1 Å². The van der Waals surface area contributed by atoms with E-state index in [4.69, 9.17) is 4.74 Å². The Hall–Kier alpha value is -3.03. The van der Waals surface area contributed by atoms with Gasteiger partial charge in [-0.15, -0.1) is 11.3 Å². The number of esters is 1. The number of hydrogen-bond acceptors (Lipinski definition) is 7. The SMILES string of the molecule is COC(=O)c1sc2nc(C)nc(S[C@H](C(=O)c3ccc(C)cc3)c3ccc(C)cc3)c2c1C. The molecular formula is C26H24N2O3S2. The lowest BCUT2D eigenvalue weighted by Gasteiger charge is -2.17. The number of nitrogens with zero attached hydrogens (tertiary/aromatic N) is 2. The van der Waals surface area contributed by atoms with E-state index in [0.29, 0.717) is 26.1 Å². The summed E-state index contributed by atoms with van der Waals surface area (Å²) in [5, 5.41) is 0.990. The molecule has 0 unspecified atom stereocenters. The Balaban J connectivity index is 1.84. The fourth-order valence-corrected chi connectivity index (χ4v) is 6.09. The van der Waals surface area contributed by atoms with Gasteiger partial charge in [0.1, 0.15) is 20.6 Å². The lowest BCUT2D eigenvalue weighted by molar-refractivity contribution is 0.0605. The molecule has 0 radical (unpaired) electrons. The third-order valence-corrected chi connectivity index (χ3v) is 7.83. The third-order valence-electron chi connectivity index (χ3n) is 5.42. The first kappa shape index (κ1) is 23.1. The Bertz CT molecular complexity index is 1340. The number of carbonyl (C=O) groups excluding carboxylic acids is 2. The maximum absolute atomic E-state index is 13.7.